The molecule has 1 aliphatic rings. The second kappa shape index (κ2) is 12.1. The van der Waals surface area contributed by atoms with Gasteiger partial charge in [0.05, 0.1) is 17.3 Å². The first-order chi connectivity index (χ1) is 18.6. The highest BCUT2D eigenvalue weighted by atomic mass is 32.2. The summed E-state index contributed by atoms with van der Waals surface area (Å²) < 4.78 is 73.3. The van der Waals surface area contributed by atoms with Gasteiger partial charge in [-0.1, -0.05) is 12.1 Å². The van der Waals surface area contributed by atoms with E-state index in [1.807, 2.05) is 6.92 Å². The molecule has 0 saturated carbocycles. The Bertz CT molecular complexity index is 1490. The topological polar surface area (TPSA) is 122 Å². The molecular formula is C27H30FN3O6S2. The summed E-state index contributed by atoms with van der Waals surface area (Å²) in [5.41, 5.74) is 1.32. The first kappa shape index (κ1) is 28.5. The number of rotatable bonds is 10. The Balaban J connectivity index is 1.29. The molecule has 2 N–H and O–H groups in total. The fourth-order valence-electron chi connectivity index (χ4n) is 4.24. The second-order valence-corrected chi connectivity index (χ2v) is 12.8. The molecule has 0 unspecified atom stereocenters. The Kier molecular flexibility index (Phi) is 8.88. The molecule has 1 amide bonds. The molecule has 3 aromatic rings. The number of carbonyl (C=O) groups is 1. The third kappa shape index (κ3) is 7.55. The Morgan fingerprint density at radius 1 is 0.897 bits per heavy atom. The number of halogens is 1. The van der Waals surface area contributed by atoms with Crippen molar-refractivity contribution in [2.75, 3.05) is 29.7 Å². The van der Waals surface area contributed by atoms with Crippen LogP contribution in [0.15, 0.2) is 77.7 Å². The lowest BCUT2D eigenvalue weighted by Gasteiger charge is -2.30. The Hall–Kier alpha value is -3.48. The van der Waals surface area contributed by atoms with Crippen LogP contribution < -0.4 is 14.8 Å². The van der Waals surface area contributed by atoms with E-state index in [0.717, 1.165) is 0 Å². The van der Waals surface area contributed by atoms with E-state index in [1.54, 1.807) is 24.3 Å². The van der Waals surface area contributed by atoms with Crippen molar-refractivity contribution in [2.45, 2.75) is 30.4 Å². The quantitative estimate of drug-likeness (QED) is 0.374. The highest BCUT2D eigenvalue weighted by molar-refractivity contribution is 7.92. The monoisotopic (exact) mass is 575 g/mol. The number of benzene rings is 3. The minimum absolute atomic E-state index is 0.0362. The van der Waals surface area contributed by atoms with Crippen molar-refractivity contribution in [3.8, 4) is 5.75 Å². The van der Waals surface area contributed by atoms with E-state index >= 15 is 0 Å². The predicted octanol–water partition coefficient (Wildman–Crippen LogP) is 4.21. The van der Waals surface area contributed by atoms with Crippen LogP contribution >= 0.6 is 0 Å². The molecule has 39 heavy (non-hydrogen) atoms. The van der Waals surface area contributed by atoms with Crippen LogP contribution in [0.4, 0.5) is 15.8 Å². The first-order valence-corrected chi connectivity index (χ1v) is 15.5. The van der Waals surface area contributed by atoms with Crippen LogP contribution in [0.5, 0.6) is 5.75 Å². The van der Waals surface area contributed by atoms with Gasteiger partial charge in [-0.3, -0.25) is 9.52 Å². The van der Waals surface area contributed by atoms with Crippen molar-refractivity contribution < 1.29 is 30.8 Å². The van der Waals surface area contributed by atoms with Crippen LogP contribution in [0.25, 0.3) is 0 Å². The Morgan fingerprint density at radius 3 is 2.08 bits per heavy atom. The lowest BCUT2D eigenvalue weighted by atomic mass is 9.97. The van der Waals surface area contributed by atoms with E-state index in [4.69, 9.17) is 4.74 Å². The van der Waals surface area contributed by atoms with Crippen molar-refractivity contribution in [1.82, 2.24) is 4.31 Å². The van der Waals surface area contributed by atoms with Gasteiger partial charge in [0.1, 0.15) is 11.6 Å². The molecule has 0 spiro atoms. The number of anilines is 2. The maximum absolute atomic E-state index is 13.1. The summed E-state index contributed by atoms with van der Waals surface area (Å²) in [5.74, 6) is -0.661. The summed E-state index contributed by atoms with van der Waals surface area (Å²) in [6.45, 7) is 2.78. The largest absolute Gasteiger partial charge is 0.494 e. The third-order valence-corrected chi connectivity index (χ3v) is 9.58. The minimum atomic E-state index is -3.83. The molecule has 4 rings (SSSR count). The van der Waals surface area contributed by atoms with Gasteiger partial charge in [-0.2, -0.15) is 0 Å². The van der Waals surface area contributed by atoms with Gasteiger partial charge in [0.15, 0.2) is 0 Å². The number of sulfonamides is 2. The molecule has 1 heterocycles. The van der Waals surface area contributed by atoms with Crippen molar-refractivity contribution in [1.29, 1.82) is 0 Å². The molecule has 0 radical (unpaired) electrons. The average Bonchev–Trinajstić information content (AvgIpc) is 2.91. The number of hydrogen-bond acceptors (Lipinski definition) is 6. The fraction of sp³-hybridized carbons (Fsp3) is 0.296. The smallest absolute Gasteiger partial charge is 0.261 e. The molecule has 12 heteroatoms. The molecule has 1 saturated heterocycles. The van der Waals surface area contributed by atoms with Gasteiger partial charge in [0.2, 0.25) is 15.9 Å². The Labute approximate surface area is 228 Å². The summed E-state index contributed by atoms with van der Waals surface area (Å²) in [4.78, 5) is 12.8. The van der Waals surface area contributed by atoms with Crippen LogP contribution in [0, 0.1) is 11.7 Å². The molecular weight excluding hydrogens is 545 g/mol. The van der Waals surface area contributed by atoms with Gasteiger partial charge >= 0.3 is 0 Å². The maximum Gasteiger partial charge on any atom is 0.261 e. The van der Waals surface area contributed by atoms with Gasteiger partial charge in [-0.25, -0.2) is 25.5 Å². The maximum atomic E-state index is 13.1. The second-order valence-electron chi connectivity index (χ2n) is 9.13. The summed E-state index contributed by atoms with van der Waals surface area (Å²) >= 11 is 0. The highest BCUT2D eigenvalue weighted by Crippen LogP contribution is 2.25. The van der Waals surface area contributed by atoms with E-state index in [2.05, 4.69) is 10.0 Å². The van der Waals surface area contributed by atoms with E-state index in [0.29, 0.717) is 42.1 Å². The molecule has 0 aromatic heterocycles. The van der Waals surface area contributed by atoms with E-state index < -0.39 is 25.9 Å². The van der Waals surface area contributed by atoms with Gasteiger partial charge in [0, 0.05) is 30.4 Å². The zero-order valence-corrected chi connectivity index (χ0v) is 23.0. The minimum Gasteiger partial charge on any atom is -0.494 e. The molecule has 0 atom stereocenters. The number of ether oxygens (including phenoxy) is 1. The van der Waals surface area contributed by atoms with Crippen LogP contribution in [-0.4, -0.2) is 46.7 Å². The number of carbonyl (C=O) groups excluding carboxylic acids is 1. The third-order valence-electron chi connectivity index (χ3n) is 6.33. The lowest BCUT2D eigenvalue weighted by molar-refractivity contribution is -0.120. The highest BCUT2D eigenvalue weighted by Gasteiger charge is 2.31. The molecule has 1 aliphatic heterocycles. The standard InChI is InChI=1S/C27H30FN3O6S2/c1-2-37-25-11-7-24(8-12-25)30-39(35,36)26-13-9-23(10-14-26)29-27(32)21-15-17-31(18-16-21)38(33,34)19-20-3-5-22(28)6-4-20/h3-14,21,30H,2,15-19H2,1H3,(H,29,32). The molecule has 208 valence electrons. The molecule has 9 nitrogen and oxygen atoms in total. The van der Waals surface area contributed by atoms with Crippen LogP contribution in [0.2, 0.25) is 0 Å². The molecule has 0 bridgehead atoms. The normalized spacial score (nSPS) is 15.0. The van der Waals surface area contributed by atoms with Crippen LogP contribution in [-0.2, 0) is 30.6 Å². The van der Waals surface area contributed by atoms with Crippen molar-refractivity contribution >= 4 is 37.3 Å². The number of nitrogens with zero attached hydrogens (tertiary/aromatic N) is 1. The Morgan fingerprint density at radius 2 is 1.49 bits per heavy atom. The van der Waals surface area contributed by atoms with E-state index in [-0.39, 0.29) is 35.6 Å². The van der Waals surface area contributed by atoms with Crippen LogP contribution in [0.1, 0.15) is 25.3 Å². The first-order valence-electron chi connectivity index (χ1n) is 12.4. The zero-order valence-electron chi connectivity index (χ0n) is 21.3. The number of nitrogens with one attached hydrogen (secondary N) is 2. The summed E-state index contributed by atoms with van der Waals surface area (Å²) in [7, 11) is -7.43. The lowest BCUT2D eigenvalue weighted by Crippen LogP contribution is -2.41. The fourth-order valence-corrected chi connectivity index (χ4v) is 6.86. The van der Waals surface area contributed by atoms with Crippen molar-refractivity contribution in [2.24, 2.45) is 5.92 Å². The van der Waals surface area contributed by atoms with Crippen molar-refractivity contribution in [3.63, 3.8) is 0 Å². The number of amides is 1. The van der Waals surface area contributed by atoms with Crippen LogP contribution in [0.3, 0.4) is 0 Å². The predicted molar refractivity (Wildman–Crippen MR) is 147 cm³/mol. The van der Waals surface area contributed by atoms with Crippen molar-refractivity contribution in [3.05, 3.63) is 84.2 Å². The zero-order chi connectivity index (χ0) is 28.0. The summed E-state index contributed by atoms with van der Waals surface area (Å²) in [5, 5.41) is 2.79. The summed E-state index contributed by atoms with van der Waals surface area (Å²) in [6.07, 6.45) is 0.708. The molecule has 0 aliphatic carbocycles. The number of piperidine rings is 1. The average molecular weight is 576 g/mol. The number of hydrogen-bond donors (Lipinski definition) is 2. The van der Waals surface area contributed by atoms with Gasteiger partial charge in [-0.15, -0.1) is 0 Å². The van der Waals surface area contributed by atoms with Gasteiger partial charge in [-0.05, 0) is 86.0 Å². The van der Waals surface area contributed by atoms with Gasteiger partial charge < -0.3 is 10.1 Å². The molecule has 3 aromatic carbocycles. The molecule has 1 fully saturated rings. The summed E-state index contributed by atoms with van der Waals surface area (Å²) in [6, 6.07) is 17.7. The van der Waals surface area contributed by atoms with Gasteiger partial charge in [0.25, 0.3) is 10.0 Å². The van der Waals surface area contributed by atoms with E-state index in [1.165, 1.54) is 52.8 Å². The van der Waals surface area contributed by atoms with E-state index in [9.17, 15) is 26.0 Å². The SMILES string of the molecule is CCOc1ccc(NS(=O)(=O)c2ccc(NC(=O)C3CCN(S(=O)(=O)Cc4ccc(F)cc4)CC3)cc2)cc1.